The van der Waals surface area contributed by atoms with E-state index in [9.17, 15) is 9.59 Å². The number of carboxylic acids is 1. The molecule has 0 unspecified atom stereocenters. The largest absolute Gasteiger partial charge is 0.481 e. The summed E-state index contributed by atoms with van der Waals surface area (Å²) in [6, 6.07) is 0. The van der Waals surface area contributed by atoms with Crippen LogP contribution in [0.3, 0.4) is 0 Å². The van der Waals surface area contributed by atoms with E-state index in [0.717, 1.165) is 42.6 Å². The van der Waals surface area contributed by atoms with E-state index in [2.05, 4.69) is 15.5 Å². The molecule has 3 N–H and O–H groups in total. The first kappa shape index (κ1) is 14.6. The predicted octanol–water partition coefficient (Wildman–Crippen LogP) is 1.47. The first-order valence-electron chi connectivity index (χ1n) is 6.95. The molecule has 20 heavy (non-hydrogen) atoms. The number of hydrogen-bond acceptors (Lipinski definition) is 3. The molecule has 1 saturated carbocycles. The third-order valence-corrected chi connectivity index (χ3v) is 4.07. The first-order chi connectivity index (χ1) is 9.42. The van der Waals surface area contributed by atoms with Gasteiger partial charge < -0.3 is 10.4 Å². The molecule has 2 rings (SSSR count). The fourth-order valence-electron chi connectivity index (χ4n) is 3.02. The normalized spacial score (nSPS) is 17.1. The molecule has 1 amide bonds. The molecule has 1 heterocycles. The quantitative estimate of drug-likeness (QED) is 0.760. The Morgan fingerprint density at radius 1 is 1.35 bits per heavy atom. The van der Waals surface area contributed by atoms with Gasteiger partial charge in [0.05, 0.1) is 24.1 Å². The molecule has 6 nitrogen and oxygen atoms in total. The van der Waals surface area contributed by atoms with Crippen LogP contribution in [-0.4, -0.2) is 32.7 Å². The van der Waals surface area contributed by atoms with Crippen molar-refractivity contribution < 1.29 is 14.7 Å². The fraction of sp³-hybridized carbons (Fsp3) is 0.643. The van der Waals surface area contributed by atoms with Crippen LogP contribution in [0.2, 0.25) is 0 Å². The van der Waals surface area contributed by atoms with Gasteiger partial charge in [0.2, 0.25) is 5.91 Å². The van der Waals surface area contributed by atoms with Gasteiger partial charge >= 0.3 is 5.97 Å². The van der Waals surface area contributed by atoms with Crippen LogP contribution in [0.1, 0.15) is 49.1 Å². The number of amides is 1. The minimum Gasteiger partial charge on any atom is -0.481 e. The number of aryl methyl sites for hydroxylation is 2. The number of carbonyl (C=O) groups excluding carboxylic acids is 1. The van der Waals surface area contributed by atoms with Crippen molar-refractivity contribution in [2.45, 2.75) is 57.9 Å². The Bertz CT molecular complexity index is 496. The zero-order valence-electron chi connectivity index (χ0n) is 12.0. The van der Waals surface area contributed by atoms with E-state index in [1.165, 1.54) is 0 Å². The van der Waals surface area contributed by atoms with Crippen molar-refractivity contribution in [3.63, 3.8) is 0 Å². The predicted molar refractivity (Wildman–Crippen MR) is 73.4 cm³/mol. The number of carbonyl (C=O) groups is 2. The number of H-pyrrole nitrogens is 1. The summed E-state index contributed by atoms with van der Waals surface area (Å²) in [6.07, 6.45) is 3.68. The Morgan fingerprint density at radius 3 is 2.50 bits per heavy atom. The number of aromatic nitrogens is 2. The maximum absolute atomic E-state index is 12.2. The lowest BCUT2D eigenvalue weighted by molar-refractivity contribution is -0.139. The molecule has 1 fully saturated rings. The van der Waals surface area contributed by atoms with Crippen LogP contribution in [0.4, 0.5) is 0 Å². The number of aromatic amines is 1. The number of carboxylic acid groups (broad SMARTS) is 1. The summed E-state index contributed by atoms with van der Waals surface area (Å²) in [4.78, 5) is 23.2. The topological polar surface area (TPSA) is 95.1 Å². The van der Waals surface area contributed by atoms with Crippen LogP contribution in [0.5, 0.6) is 0 Å². The van der Waals surface area contributed by atoms with E-state index >= 15 is 0 Å². The van der Waals surface area contributed by atoms with Crippen LogP contribution >= 0.6 is 0 Å². The van der Waals surface area contributed by atoms with E-state index < -0.39 is 11.5 Å². The van der Waals surface area contributed by atoms with Crippen LogP contribution in [0, 0.1) is 13.8 Å². The molecule has 1 aliphatic carbocycles. The van der Waals surface area contributed by atoms with Crippen molar-refractivity contribution in [1.82, 2.24) is 15.5 Å². The molecule has 1 aromatic heterocycles. The smallest absolute Gasteiger partial charge is 0.305 e. The standard InChI is InChI=1S/C14H21N3O3/c1-9-11(10(2)17-16-9)7-12(18)15-14(8-13(19)20)5-3-4-6-14/h3-8H2,1-2H3,(H,15,18)(H,16,17)(H,19,20). The summed E-state index contributed by atoms with van der Waals surface area (Å²) in [6.45, 7) is 3.74. The molecule has 0 radical (unpaired) electrons. The second-order valence-electron chi connectivity index (χ2n) is 5.70. The Labute approximate surface area is 118 Å². The summed E-state index contributed by atoms with van der Waals surface area (Å²) in [5.41, 5.74) is 2.03. The summed E-state index contributed by atoms with van der Waals surface area (Å²) < 4.78 is 0. The number of hydrogen-bond donors (Lipinski definition) is 3. The molecule has 0 saturated heterocycles. The van der Waals surface area contributed by atoms with Crippen molar-refractivity contribution >= 4 is 11.9 Å². The highest BCUT2D eigenvalue weighted by atomic mass is 16.4. The van der Waals surface area contributed by atoms with Crippen LogP contribution < -0.4 is 5.32 Å². The molecule has 1 aromatic rings. The lowest BCUT2D eigenvalue weighted by atomic mass is 9.92. The van der Waals surface area contributed by atoms with Crippen LogP contribution in [-0.2, 0) is 16.0 Å². The van der Waals surface area contributed by atoms with Crippen molar-refractivity contribution in [2.24, 2.45) is 0 Å². The number of rotatable bonds is 5. The molecule has 0 bridgehead atoms. The van der Waals surface area contributed by atoms with Gasteiger partial charge in [0.1, 0.15) is 0 Å². The van der Waals surface area contributed by atoms with Gasteiger partial charge in [0.25, 0.3) is 0 Å². The molecule has 0 aliphatic heterocycles. The zero-order chi connectivity index (χ0) is 14.8. The van der Waals surface area contributed by atoms with E-state index in [-0.39, 0.29) is 18.7 Å². The van der Waals surface area contributed by atoms with Gasteiger partial charge in [0.15, 0.2) is 0 Å². The van der Waals surface area contributed by atoms with Gasteiger partial charge in [-0.05, 0) is 26.7 Å². The first-order valence-corrected chi connectivity index (χ1v) is 6.95. The molecule has 6 heteroatoms. The molecular weight excluding hydrogens is 258 g/mol. The minimum atomic E-state index is -0.858. The van der Waals surface area contributed by atoms with Gasteiger partial charge in [0, 0.05) is 11.3 Å². The average molecular weight is 279 g/mol. The maximum atomic E-state index is 12.2. The Morgan fingerprint density at radius 2 is 2.00 bits per heavy atom. The van der Waals surface area contributed by atoms with Crippen molar-refractivity contribution in [3.05, 3.63) is 17.0 Å². The summed E-state index contributed by atoms with van der Waals surface area (Å²) >= 11 is 0. The van der Waals surface area contributed by atoms with E-state index in [1.54, 1.807) is 0 Å². The van der Waals surface area contributed by atoms with Gasteiger partial charge in [-0.25, -0.2) is 0 Å². The average Bonchev–Trinajstić information content (AvgIpc) is 2.90. The molecule has 0 spiro atoms. The summed E-state index contributed by atoms with van der Waals surface area (Å²) in [5.74, 6) is -0.983. The van der Waals surface area contributed by atoms with E-state index in [1.807, 2.05) is 13.8 Å². The second kappa shape index (κ2) is 5.64. The highest BCUT2D eigenvalue weighted by Crippen LogP contribution is 2.32. The van der Waals surface area contributed by atoms with Gasteiger partial charge in [-0.3, -0.25) is 14.7 Å². The highest BCUT2D eigenvalue weighted by Gasteiger charge is 2.37. The Kier molecular flexibility index (Phi) is 4.11. The van der Waals surface area contributed by atoms with E-state index in [4.69, 9.17) is 5.11 Å². The SMILES string of the molecule is Cc1n[nH]c(C)c1CC(=O)NC1(CC(=O)O)CCCC1. The number of nitrogens with zero attached hydrogens (tertiary/aromatic N) is 1. The zero-order valence-corrected chi connectivity index (χ0v) is 12.0. The third kappa shape index (κ3) is 3.18. The molecular formula is C14H21N3O3. The third-order valence-electron chi connectivity index (χ3n) is 4.07. The molecule has 0 aromatic carbocycles. The van der Waals surface area contributed by atoms with E-state index in [0.29, 0.717) is 0 Å². The van der Waals surface area contributed by atoms with Crippen molar-refractivity contribution in [3.8, 4) is 0 Å². The molecule has 110 valence electrons. The lowest BCUT2D eigenvalue weighted by Crippen LogP contribution is -2.48. The lowest BCUT2D eigenvalue weighted by Gasteiger charge is -2.28. The molecule has 0 atom stereocenters. The van der Waals surface area contributed by atoms with Gasteiger partial charge in [-0.1, -0.05) is 12.8 Å². The van der Waals surface area contributed by atoms with Crippen molar-refractivity contribution in [2.75, 3.05) is 0 Å². The highest BCUT2D eigenvalue weighted by molar-refractivity contribution is 5.81. The van der Waals surface area contributed by atoms with Crippen LogP contribution in [0.25, 0.3) is 0 Å². The number of aliphatic carboxylic acids is 1. The maximum Gasteiger partial charge on any atom is 0.305 e. The summed E-state index contributed by atoms with van der Waals surface area (Å²) in [7, 11) is 0. The van der Waals surface area contributed by atoms with Gasteiger partial charge in [-0.2, -0.15) is 5.10 Å². The Balaban J connectivity index is 2.04. The van der Waals surface area contributed by atoms with Gasteiger partial charge in [-0.15, -0.1) is 0 Å². The number of nitrogens with one attached hydrogen (secondary N) is 2. The summed E-state index contributed by atoms with van der Waals surface area (Å²) in [5, 5.41) is 18.9. The Hall–Kier alpha value is -1.85. The van der Waals surface area contributed by atoms with Crippen LogP contribution in [0.15, 0.2) is 0 Å². The monoisotopic (exact) mass is 279 g/mol. The molecule has 1 aliphatic rings. The minimum absolute atomic E-state index is 0.00207. The fourth-order valence-corrected chi connectivity index (χ4v) is 3.02. The van der Waals surface area contributed by atoms with Crippen molar-refractivity contribution in [1.29, 1.82) is 0 Å². The second-order valence-corrected chi connectivity index (χ2v) is 5.70.